The van der Waals surface area contributed by atoms with Crippen LogP contribution < -0.4 is 10.2 Å². The highest BCUT2D eigenvalue weighted by Gasteiger charge is 2.09. The molecule has 1 N–H and O–H groups in total. The number of halogens is 3. The fourth-order valence-corrected chi connectivity index (χ4v) is 3.26. The molecule has 8 heteroatoms. The van der Waals surface area contributed by atoms with E-state index in [1.54, 1.807) is 18.3 Å². The van der Waals surface area contributed by atoms with E-state index in [2.05, 4.69) is 38.1 Å². The van der Waals surface area contributed by atoms with Crippen LogP contribution in [0.25, 0.3) is 0 Å². The fourth-order valence-electron chi connectivity index (χ4n) is 2.24. The number of pyridine rings is 1. The minimum absolute atomic E-state index is 0.131. The van der Waals surface area contributed by atoms with E-state index in [-0.39, 0.29) is 10.7 Å². The van der Waals surface area contributed by atoms with E-state index in [0.717, 1.165) is 20.4 Å². The Morgan fingerprint density at radius 1 is 1.18 bits per heavy atom. The maximum atomic E-state index is 12.0. The van der Waals surface area contributed by atoms with E-state index in [9.17, 15) is 4.79 Å². The van der Waals surface area contributed by atoms with Crippen LogP contribution >= 0.6 is 45.8 Å². The number of benzene rings is 2. The summed E-state index contributed by atoms with van der Waals surface area (Å²) in [5.41, 5.74) is 4.55. The minimum Gasteiger partial charge on any atom is -0.488 e. The molecule has 0 atom stereocenters. The van der Waals surface area contributed by atoms with Gasteiger partial charge in [0.05, 0.1) is 15.3 Å². The Balaban J connectivity index is 1.59. The lowest BCUT2D eigenvalue weighted by atomic mass is 10.2. The van der Waals surface area contributed by atoms with E-state index >= 15 is 0 Å². The van der Waals surface area contributed by atoms with Crippen molar-refractivity contribution in [2.45, 2.75) is 6.61 Å². The second kappa shape index (κ2) is 9.86. The normalized spacial score (nSPS) is 10.8. The van der Waals surface area contributed by atoms with Gasteiger partial charge in [-0.05, 0) is 76.2 Å². The summed E-state index contributed by atoms with van der Waals surface area (Å²) in [7, 11) is 0. The van der Waals surface area contributed by atoms with Crippen molar-refractivity contribution in [1.82, 2.24) is 10.4 Å². The second-order valence-corrected chi connectivity index (χ2v) is 7.60. The number of hydrazone groups is 1. The molecule has 0 spiro atoms. The molecule has 3 aromatic rings. The van der Waals surface area contributed by atoms with Crippen LogP contribution in [0.4, 0.5) is 0 Å². The van der Waals surface area contributed by atoms with Crippen molar-refractivity contribution in [3.63, 3.8) is 0 Å². The van der Waals surface area contributed by atoms with Gasteiger partial charge >= 0.3 is 0 Å². The summed E-state index contributed by atoms with van der Waals surface area (Å²) in [6.45, 7) is 0.447. The van der Waals surface area contributed by atoms with Gasteiger partial charge < -0.3 is 4.74 Å². The molecule has 0 saturated heterocycles. The van der Waals surface area contributed by atoms with Crippen LogP contribution in [-0.4, -0.2) is 17.1 Å². The predicted octanol–water partition coefficient (Wildman–Crippen LogP) is 5.34. The summed E-state index contributed by atoms with van der Waals surface area (Å²) in [5.74, 6) is 0.339. The Bertz CT molecular complexity index is 1010. The largest absolute Gasteiger partial charge is 0.488 e. The molecule has 5 nitrogen and oxygen atoms in total. The van der Waals surface area contributed by atoms with Crippen molar-refractivity contribution in [1.29, 1.82) is 0 Å². The van der Waals surface area contributed by atoms with Crippen molar-refractivity contribution in [3.8, 4) is 5.75 Å². The molecule has 0 radical (unpaired) electrons. The van der Waals surface area contributed by atoms with E-state index in [0.29, 0.717) is 11.6 Å². The number of amides is 1. The van der Waals surface area contributed by atoms with Crippen molar-refractivity contribution >= 4 is 57.9 Å². The SMILES string of the molecule is O=C(NN=Cc1ccc(OCc2ccc(Cl)cc2)c(I)c1)c1cccnc1Cl. The smallest absolute Gasteiger partial charge is 0.274 e. The predicted molar refractivity (Wildman–Crippen MR) is 119 cm³/mol. The second-order valence-electron chi connectivity index (χ2n) is 5.65. The number of nitrogens with one attached hydrogen (secondary N) is 1. The molecule has 0 aliphatic carbocycles. The fraction of sp³-hybridized carbons (Fsp3) is 0.0500. The molecule has 142 valence electrons. The van der Waals surface area contributed by atoms with Gasteiger partial charge in [0, 0.05) is 11.2 Å². The molecule has 1 heterocycles. The van der Waals surface area contributed by atoms with Crippen LogP contribution in [0.15, 0.2) is 65.9 Å². The molecule has 0 unspecified atom stereocenters. The van der Waals surface area contributed by atoms with Gasteiger partial charge in [0.1, 0.15) is 17.5 Å². The van der Waals surface area contributed by atoms with Gasteiger partial charge in [-0.3, -0.25) is 4.79 Å². The number of carbonyl (C=O) groups is 1. The molecule has 3 rings (SSSR count). The third kappa shape index (κ3) is 5.67. The monoisotopic (exact) mass is 525 g/mol. The van der Waals surface area contributed by atoms with Gasteiger partial charge in [-0.15, -0.1) is 0 Å². The molecule has 2 aromatic carbocycles. The van der Waals surface area contributed by atoms with Crippen LogP contribution in [0.2, 0.25) is 10.2 Å². The Kier molecular flexibility index (Phi) is 7.24. The average Bonchev–Trinajstić information content (AvgIpc) is 2.69. The van der Waals surface area contributed by atoms with Crippen LogP contribution in [0.5, 0.6) is 5.75 Å². The number of rotatable bonds is 6. The van der Waals surface area contributed by atoms with Crippen molar-refractivity contribution < 1.29 is 9.53 Å². The molecule has 1 amide bonds. The third-order valence-corrected chi connectivity index (χ3v) is 5.04. The lowest BCUT2D eigenvalue weighted by Gasteiger charge is -2.09. The number of ether oxygens (including phenoxy) is 1. The summed E-state index contributed by atoms with van der Waals surface area (Å²) >= 11 is 14.0. The highest BCUT2D eigenvalue weighted by atomic mass is 127. The average molecular weight is 526 g/mol. The maximum Gasteiger partial charge on any atom is 0.274 e. The zero-order chi connectivity index (χ0) is 19.9. The summed E-state index contributed by atoms with van der Waals surface area (Å²) in [6.07, 6.45) is 3.06. The first-order valence-electron chi connectivity index (χ1n) is 8.13. The molecule has 0 saturated carbocycles. The molecule has 0 bridgehead atoms. The minimum atomic E-state index is -0.424. The molecule has 0 aliphatic rings. The van der Waals surface area contributed by atoms with Crippen molar-refractivity contribution in [2.75, 3.05) is 0 Å². The van der Waals surface area contributed by atoms with E-state index < -0.39 is 5.91 Å². The first-order valence-corrected chi connectivity index (χ1v) is 9.97. The summed E-state index contributed by atoms with van der Waals surface area (Å²) in [5, 5.41) is 4.79. The zero-order valence-corrected chi connectivity index (χ0v) is 18.1. The Morgan fingerprint density at radius 3 is 2.68 bits per heavy atom. The van der Waals surface area contributed by atoms with E-state index in [1.165, 1.54) is 6.20 Å². The van der Waals surface area contributed by atoms with Gasteiger partial charge in [0.2, 0.25) is 0 Å². The molecule has 1 aromatic heterocycles. The lowest BCUT2D eigenvalue weighted by Crippen LogP contribution is -2.18. The Hall–Kier alpha value is -2.16. The maximum absolute atomic E-state index is 12.0. The molecular weight excluding hydrogens is 512 g/mol. The van der Waals surface area contributed by atoms with E-state index in [4.69, 9.17) is 27.9 Å². The highest BCUT2D eigenvalue weighted by molar-refractivity contribution is 14.1. The van der Waals surface area contributed by atoms with Crippen LogP contribution in [0.3, 0.4) is 0 Å². The molecule has 0 fully saturated rings. The van der Waals surface area contributed by atoms with Gasteiger partial charge in [0.25, 0.3) is 5.91 Å². The van der Waals surface area contributed by atoms with E-state index in [1.807, 2.05) is 42.5 Å². The highest BCUT2D eigenvalue weighted by Crippen LogP contribution is 2.23. The molecule has 28 heavy (non-hydrogen) atoms. The lowest BCUT2D eigenvalue weighted by molar-refractivity contribution is 0.0955. The van der Waals surface area contributed by atoms with Gasteiger partial charge in [-0.25, -0.2) is 10.4 Å². The first kappa shape index (κ1) is 20.6. The van der Waals surface area contributed by atoms with Crippen molar-refractivity contribution in [3.05, 3.63) is 91.2 Å². The van der Waals surface area contributed by atoms with Gasteiger partial charge in [-0.2, -0.15) is 5.10 Å². The standard InChI is InChI=1S/C20H14Cl2IN3O2/c21-15-6-3-13(4-7-15)12-28-18-8-5-14(10-17(18)23)11-25-26-20(27)16-2-1-9-24-19(16)22/h1-11H,12H2,(H,26,27). The van der Waals surface area contributed by atoms with Crippen LogP contribution in [0.1, 0.15) is 21.5 Å². The molecular formula is C20H14Cl2IN3O2. The Labute approximate surface area is 185 Å². The topological polar surface area (TPSA) is 63.6 Å². The van der Waals surface area contributed by atoms with Crippen molar-refractivity contribution in [2.24, 2.45) is 5.10 Å². The quantitative estimate of drug-likeness (QED) is 0.204. The van der Waals surface area contributed by atoms with Crippen LogP contribution in [-0.2, 0) is 6.61 Å². The Morgan fingerprint density at radius 2 is 1.96 bits per heavy atom. The third-order valence-electron chi connectivity index (χ3n) is 3.65. The van der Waals surface area contributed by atoms with Crippen LogP contribution in [0, 0.1) is 3.57 Å². The van der Waals surface area contributed by atoms with Gasteiger partial charge in [-0.1, -0.05) is 35.3 Å². The number of hydrogen-bond acceptors (Lipinski definition) is 4. The summed E-state index contributed by atoms with van der Waals surface area (Å²) in [6, 6.07) is 16.3. The first-order chi connectivity index (χ1) is 13.5. The number of aromatic nitrogens is 1. The molecule has 0 aliphatic heterocycles. The summed E-state index contributed by atoms with van der Waals surface area (Å²) < 4.78 is 6.77. The zero-order valence-electron chi connectivity index (χ0n) is 14.4. The number of carbonyl (C=O) groups excluding carboxylic acids is 1. The van der Waals surface area contributed by atoms with Gasteiger partial charge in [0.15, 0.2) is 0 Å². The number of hydrogen-bond donors (Lipinski definition) is 1. The number of nitrogens with zero attached hydrogens (tertiary/aromatic N) is 2. The summed E-state index contributed by atoms with van der Waals surface area (Å²) in [4.78, 5) is 15.9.